The number of carbonyl (C=O) groups is 3. The van der Waals surface area contributed by atoms with Crippen molar-refractivity contribution in [2.24, 2.45) is 17.8 Å². The molecule has 1 aromatic heterocycles. The van der Waals surface area contributed by atoms with Gasteiger partial charge in [0, 0.05) is 16.8 Å². The highest BCUT2D eigenvalue weighted by Crippen LogP contribution is 2.39. The Kier molecular flexibility index (Phi) is 5.63. The van der Waals surface area contributed by atoms with Gasteiger partial charge < -0.3 is 14.5 Å². The first kappa shape index (κ1) is 22.2. The molecule has 3 atom stereocenters. The average molecular weight is 461 g/mol. The Morgan fingerprint density at radius 2 is 1.74 bits per heavy atom. The standard InChI is InChI=1S/C27H28N2O5/c1-15(2)12-21(29-26(31)17-9-4-5-10-18(17)27(29)32)25(30)28-20-14-23-19(13-24(20)33-3)16-8-6-7-11-22(16)34-23/h4-8,11,13-15,17-18,21H,9-10,12H2,1-3H3,(H,28,30). The number of rotatable bonds is 6. The van der Waals surface area contributed by atoms with Crippen molar-refractivity contribution >= 4 is 45.3 Å². The summed E-state index contributed by atoms with van der Waals surface area (Å²) < 4.78 is 11.5. The zero-order valence-electron chi connectivity index (χ0n) is 19.5. The first-order valence-electron chi connectivity index (χ1n) is 11.7. The second-order valence-corrected chi connectivity index (χ2v) is 9.48. The molecule has 1 fully saturated rings. The molecule has 176 valence electrons. The Bertz CT molecular complexity index is 1300. The topological polar surface area (TPSA) is 88.9 Å². The first-order chi connectivity index (χ1) is 16.4. The van der Waals surface area contributed by atoms with Crippen LogP contribution in [0.15, 0.2) is 53.0 Å². The fourth-order valence-electron chi connectivity index (χ4n) is 5.14. The number of furan rings is 1. The molecule has 1 aliphatic carbocycles. The summed E-state index contributed by atoms with van der Waals surface area (Å²) in [5.41, 5.74) is 1.79. The molecule has 3 aromatic rings. The molecule has 3 amide bonds. The normalized spacial score (nSPS) is 20.9. The third-order valence-electron chi connectivity index (χ3n) is 6.81. The van der Waals surface area contributed by atoms with Crippen molar-refractivity contribution < 1.29 is 23.5 Å². The van der Waals surface area contributed by atoms with Crippen LogP contribution in [0.5, 0.6) is 5.75 Å². The molecule has 2 heterocycles. The van der Waals surface area contributed by atoms with Crippen LogP contribution in [0.1, 0.15) is 33.1 Å². The second-order valence-electron chi connectivity index (χ2n) is 9.48. The molecule has 34 heavy (non-hydrogen) atoms. The van der Waals surface area contributed by atoms with E-state index in [0.717, 1.165) is 16.4 Å². The van der Waals surface area contributed by atoms with Crippen LogP contribution in [0, 0.1) is 17.8 Å². The molecule has 1 aliphatic heterocycles. The minimum absolute atomic E-state index is 0.108. The quantitative estimate of drug-likeness (QED) is 0.418. The third kappa shape index (κ3) is 3.65. The summed E-state index contributed by atoms with van der Waals surface area (Å²) in [5.74, 6) is -1.07. The van der Waals surface area contributed by atoms with E-state index in [1.807, 2.05) is 56.3 Å². The summed E-state index contributed by atoms with van der Waals surface area (Å²) in [6.07, 6.45) is 5.35. The average Bonchev–Trinajstić information content (AvgIpc) is 3.31. The van der Waals surface area contributed by atoms with E-state index in [9.17, 15) is 14.4 Å². The molecule has 1 saturated heterocycles. The Labute approximate surface area is 197 Å². The summed E-state index contributed by atoms with van der Waals surface area (Å²) in [6, 6.07) is 10.4. The van der Waals surface area contributed by atoms with E-state index in [2.05, 4.69) is 5.32 Å². The van der Waals surface area contributed by atoms with E-state index in [4.69, 9.17) is 9.15 Å². The van der Waals surface area contributed by atoms with Gasteiger partial charge in [-0.25, -0.2) is 0 Å². The number of benzene rings is 2. The maximum Gasteiger partial charge on any atom is 0.247 e. The highest BCUT2D eigenvalue weighted by Gasteiger charge is 2.51. The van der Waals surface area contributed by atoms with Crippen LogP contribution in [0.3, 0.4) is 0 Å². The van der Waals surface area contributed by atoms with Crippen LogP contribution in [0.2, 0.25) is 0 Å². The number of anilines is 1. The molecular weight excluding hydrogens is 432 g/mol. The number of nitrogens with zero attached hydrogens (tertiary/aromatic N) is 1. The summed E-state index contributed by atoms with van der Waals surface area (Å²) in [4.78, 5) is 41.1. The monoisotopic (exact) mass is 460 g/mol. The molecular formula is C27H28N2O5. The SMILES string of the molecule is COc1cc2c(cc1NC(=O)C(CC(C)C)N1C(=O)C3CC=CCC3C1=O)oc1ccccc12. The highest BCUT2D eigenvalue weighted by atomic mass is 16.5. The van der Waals surface area contributed by atoms with Crippen LogP contribution in [0.25, 0.3) is 21.9 Å². The van der Waals surface area contributed by atoms with Gasteiger partial charge in [-0.2, -0.15) is 0 Å². The largest absolute Gasteiger partial charge is 0.495 e. The van der Waals surface area contributed by atoms with Gasteiger partial charge in [-0.15, -0.1) is 0 Å². The highest BCUT2D eigenvalue weighted by molar-refractivity contribution is 6.11. The number of hydrogen-bond donors (Lipinski definition) is 1. The van der Waals surface area contributed by atoms with E-state index < -0.39 is 11.9 Å². The first-order valence-corrected chi connectivity index (χ1v) is 11.7. The lowest BCUT2D eigenvalue weighted by Crippen LogP contribution is -2.48. The van der Waals surface area contributed by atoms with Crippen molar-refractivity contribution in [2.45, 2.75) is 39.2 Å². The zero-order chi connectivity index (χ0) is 24.0. The lowest BCUT2D eigenvalue weighted by molar-refractivity contribution is -0.147. The van der Waals surface area contributed by atoms with Gasteiger partial charge in [0.05, 0.1) is 24.6 Å². The van der Waals surface area contributed by atoms with Gasteiger partial charge in [-0.1, -0.05) is 44.2 Å². The van der Waals surface area contributed by atoms with Gasteiger partial charge in [0.25, 0.3) is 0 Å². The molecule has 2 aliphatic rings. The molecule has 3 unspecified atom stereocenters. The third-order valence-corrected chi connectivity index (χ3v) is 6.81. The fraction of sp³-hybridized carbons (Fsp3) is 0.370. The molecule has 5 rings (SSSR count). The minimum Gasteiger partial charge on any atom is -0.495 e. The molecule has 1 N–H and O–H groups in total. The Balaban J connectivity index is 1.48. The molecule has 7 nitrogen and oxygen atoms in total. The number of ether oxygens (including phenoxy) is 1. The summed E-state index contributed by atoms with van der Waals surface area (Å²) >= 11 is 0. The van der Waals surface area contributed by atoms with Gasteiger partial charge in [-0.3, -0.25) is 19.3 Å². The van der Waals surface area contributed by atoms with Crippen LogP contribution < -0.4 is 10.1 Å². The number of methoxy groups -OCH3 is 1. The van der Waals surface area contributed by atoms with Gasteiger partial charge >= 0.3 is 0 Å². The van der Waals surface area contributed by atoms with E-state index in [1.54, 1.807) is 6.07 Å². The lowest BCUT2D eigenvalue weighted by atomic mass is 9.85. The van der Waals surface area contributed by atoms with Crippen molar-refractivity contribution in [1.29, 1.82) is 0 Å². The molecule has 0 radical (unpaired) electrons. The molecule has 0 saturated carbocycles. The number of fused-ring (bicyclic) bond motifs is 4. The minimum atomic E-state index is -0.887. The van der Waals surface area contributed by atoms with E-state index in [0.29, 0.717) is 36.3 Å². The summed E-state index contributed by atoms with van der Waals surface area (Å²) in [5, 5.41) is 4.75. The predicted molar refractivity (Wildman–Crippen MR) is 129 cm³/mol. The second kappa shape index (κ2) is 8.63. The summed E-state index contributed by atoms with van der Waals surface area (Å²) in [7, 11) is 1.54. The predicted octanol–water partition coefficient (Wildman–Crippen LogP) is 4.90. The number of para-hydroxylation sites is 1. The maximum absolute atomic E-state index is 13.5. The van der Waals surface area contributed by atoms with E-state index >= 15 is 0 Å². The molecule has 0 bridgehead atoms. The number of hydrogen-bond acceptors (Lipinski definition) is 5. The van der Waals surface area contributed by atoms with E-state index in [-0.39, 0.29) is 29.6 Å². The van der Waals surface area contributed by atoms with Crippen LogP contribution in [-0.2, 0) is 14.4 Å². The van der Waals surface area contributed by atoms with Gasteiger partial charge in [0.1, 0.15) is 23.0 Å². The Morgan fingerprint density at radius 3 is 2.38 bits per heavy atom. The van der Waals surface area contributed by atoms with Crippen LogP contribution >= 0.6 is 0 Å². The van der Waals surface area contributed by atoms with Gasteiger partial charge in [0.2, 0.25) is 17.7 Å². The van der Waals surface area contributed by atoms with Crippen molar-refractivity contribution in [3.05, 3.63) is 48.6 Å². The van der Waals surface area contributed by atoms with Crippen LogP contribution in [0.4, 0.5) is 5.69 Å². The number of nitrogens with one attached hydrogen (secondary N) is 1. The Hall–Kier alpha value is -3.61. The summed E-state index contributed by atoms with van der Waals surface area (Å²) in [6.45, 7) is 3.95. The fourth-order valence-corrected chi connectivity index (χ4v) is 5.14. The van der Waals surface area contributed by atoms with Crippen molar-refractivity contribution in [2.75, 3.05) is 12.4 Å². The lowest BCUT2D eigenvalue weighted by Gasteiger charge is -2.27. The number of likely N-dealkylation sites (tertiary alicyclic amines) is 1. The maximum atomic E-state index is 13.5. The smallest absolute Gasteiger partial charge is 0.247 e. The van der Waals surface area contributed by atoms with Gasteiger partial charge in [0.15, 0.2) is 0 Å². The molecule has 0 spiro atoms. The number of carbonyl (C=O) groups excluding carboxylic acids is 3. The molecule has 7 heteroatoms. The van der Waals surface area contributed by atoms with Crippen molar-refractivity contribution in [1.82, 2.24) is 4.90 Å². The molecule has 2 aromatic carbocycles. The van der Waals surface area contributed by atoms with Crippen molar-refractivity contribution in [3.8, 4) is 5.75 Å². The van der Waals surface area contributed by atoms with E-state index in [1.165, 1.54) is 12.0 Å². The number of amides is 3. The van der Waals surface area contributed by atoms with Gasteiger partial charge in [-0.05, 0) is 37.3 Å². The van der Waals surface area contributed by atoms with Crippen molar-refractivity contribution in [3.63, 3.8) is 0 Å². The number of allylic oxidation sites excluding steroid dienone is 2. The Morgan fingerprint density at radius 1 is 1.06 bits per heavy atom. The zero-order valence-corrected chi connectivity index (χ0v) is 19.5. The van der Waals surface area contributed by atoms with Crippen LogP contribution in [-0.4, -0.2) is 35.8 Å². The number of imide groups is 1.